The molecule has 1 saturated heterocycles. The van der Waals surface area contributed by atoms with Gasteiger partial charge in [-0.05, 0) is 69.2 Å². The molecule has 2 aromatic carbocycles. The average Bonchev–Trinajstić information content (AvgIpc) is 2.93. The molecule has 0 saturated carbocycles. The van der Waals surface area contributed by atoms with Crippen LogP contribution in [0.2, 0.25) is 10.0 Å². The predicted molar refractivity (Wildman–Crippen MR) is 160 cm³/mol. The highest BCUT2D eigenvalue weighted by molar-refractivity contribution is 6.32. The van der Waals surface area contributed by atoms with Crippen molar-refractivity contribution in [3.63, 3.8) is 0 Å². The van der Waals surface area contributed by atoms with Gasteiger partial charge in [0, 0.05) is 48.9 Å². The monoisotopic (exact) mass is 597 g/mol. The number of benzene rings is 2. The Bertz CT molecular complexity index is 1390. The number of aromatic nitrogens is 1. The number of ether oxygens (including phenoxy) is 3. The average molecular weight is 599 g/mol. The molecule has 1 fully saturated rings. The van der Waals surface area contributed by atoms with Crippen LogP contribution in [0.25, 0.3) is 6.08 Å². The highest BCUT2D eigenvalue weighted by Gasteiger charge is 2.27. The van der Waals surface area contributed by atoms with Gasteiger partial charge >= 0.3 is 6.09 Å². The lowest BCUT2D eigenvalue weighted by molar-refractivity contribution is -0.127. The second-order valence-corrected chi connectivity index (χ2v) is 11.4. The maximum absolute atomic E-state index is 12.7. The summed E-state index contributed by atoms with van der Waals surface area (Å²) in [5, 5.41) is 1.04. The van der Waals surface area contributed by atoms with E-state index in [1.165, 1.54) is 6.08 Å². The van der Waals surface area contributed by atoms with Gasteiger partial charge in [-0.3, -0.25) is 4.79 Å². The quantitative estimate of drug-likeness (QED) is 0.269. The molecule has 3 aromatic rings. The van der Waals surface area contributed by atoms with Crippen LogP contribution in [0, 0.1) is 6.92 Å². The minimum Gasteiger partial charge on any atom is -0.487 e. The summed E-state index contributed by atoms with van der Waals surface area (Å²) in [7, 11) is 0. The van der Waals surface area contributed by atoms with Crippen LogP contribution in [0.5, 0.6) is 17.4 Å². The van der Waals surface area contributed by atoms with E-state index in [1.807, 2.05) is 58.0 Å². The molecule has 4 rings (SSSR count). The minimum absolute atomic E-state index is 0.135. The van der Waals surface area contributed by atoms with Crippen molar-refractivity contribution in [3.8, 4) is 17.4 Å². The Morgan fingerprint density at radius 1 is 0.976 bits per heavy atom. The van der Waals surface area contributed by atoms with E-state index in [1.54, 1.807) is 40.3 Å². The maximum atomic E-state index is 12.7. The lowest BCUT2D eigenvalue weighted by Gasteiger charge is -2.35. The number of pyridine rings is 1. The highest BCUT2D eigenvalue weighted by Crippen LogP contribution is 2.34. The first-order chi connectivity index (χ1) is 19.5. The lowest BCUT2D eigenvalue weighted by Crippen LogP contribution is -2.51. The molecule has 0 N–H and O–H groups in total. The van der Waals surface area contributed by atoms with E-state index in [2.05, 4.69) is 4.98 Å². The van der Waals surface area contributed by atoms with Gasteiger partial charge in [0.2, 0.25) is 11.8 Å². The Kier molecular flexibility index (Phi) is 9.78. The van der Waals surface area contributed by atoms with Gasteiger partial charge in [-0.15, -0.1) is 0 Å². The van der Waals surface area contributed by atoms with Crippen molar-refractivity contribution in [2.75, 3.05) is 26.2 Å². The number of carbonyl (C=O) groups excluding carboxylic acids is 2. The predicted octanol–water partition coefficient (Wildman–Crippen LogP) is 7.16. The summed E-state index contributed by atoms with van der Waals surface area (Å²) in [5.41, 5.74) is 1.88. The number of hydrogen-bond acceptors (Lipinski definition) is 6. The Hall–Kier alpha value is -3.75. The molecule has 2 amide bonds. The van der Waals surface area contributed by atoms with Gasteiger partial charge in [0.15, 0.2) is 5.75 Å². The molecule has 0 radical (unpaired) electrons. The summed E-state index contributed by atoms with van der Waals surface area (Å²) < 4.78 is 17.1. The number of aryl methyl sites for hydroxylation is 1. The summed E-state index contributed by atoms with van der Waals surface area (Å²) in [6.45, 7) is 9.41. The van der Waals surface area contributed by atoms with Gasteiger partial charge in [-0.25, -0.2) is 9.78 Å². The number of piperazine rings is 1. The number of nitrogens with zero attached hydrogens (tertiary/aromatic N) is 3. The van der Waals surface area contributed by atoms with Crippen LogP contribution in [-0.4, -0.2) is 58.6 Å². The number of amides is 2. The Labute approximate surface area is 250 Å². The standard InChI is InChI=1S/C31H33Cl2N3O5/c1-21-17-22(9-12-28(37)35-13-15-36(16-14-35)30(38)41-31(2,3)4)18-26(33)29(21)40-27-11-10-24(19-34-27)39-20-23-7-5-6-8-25(23)32/h5-12,17-19H,13-16,20H2,1-4H3/b12-9+. The molecule has 0 bridgehead atoms. The molecule has 0 aliphatic carbocycles. The van der Waals surface area contributed by atoms with Crippen molar-refractivity contribution in [3.05, 3.63) is 87.5 Å². The van der Waals surface area contributed by atoms with Crippen molar-refractivity contribution < 1.29 is 23.8 Å². The van der Waals surface area contributed by atoms with Crippen LogP contribution in [0.3, 0.4) is 0 Å². The van der Waals surface area contributed by atoms with Crippen LogP contribution >= 0.6 is 23.2 Å². The third-order valence-corrected chi connectivity index (χ3v) is 6.83. The van der Waals surface area contributed by atoms with Crippen LogP contribution < -0.4 is 9.47 Å². The zero-order valence-corrected chi connectivity index (χ0v) is 25.0. The fraction of sp³-hybridized carbons (Fsp3) is 0.323. The molecule has 0 atom stereocenters. The Morgan fingerprint density at radius 3 is 2.32 bits per heavy atom. The first-order valence-corrected chi connectivity index (χ1v) is 14.0. The molecule has 0 spiro atoms. The van der Waals surface area contributed by atoms with Crippen LogP contribution in [-0.2, 0) is 16.1 Å². The molecule has 41 heavy (non-hydrogen) atoms. The van der Waals surface area contributed by atoms with Gasteiger partial charge in [0.05, 0.1) is 11.2 Å². The van der Waals surface area contributed by atoms with Crippen LogP contribution in [0.15, 0.2) is 60.8 Å². The topological polar surface area (TPSA) is 81.2 Å². The number of rotatable bonds is 7. The minimum atomic E-state index is -0.554. The number of hydrogen-bond donors (Lipinski definition) is 0. The van der Waals surface area contributed by atoms with E-state index in [0.29, 0.717) is 60.2 Å². The smallest absolute Gasteiger partial charge is 0.410 e. The molecule has 10 heteroatoms. The van der Waals surface area contributed by atoms with E-state index in [-0.39, 0.29) is 12.0 Å². The highest BCUT2D eigenvalue weighted by atomic mass is 35.5. The first-order valence-electron chi connectivity index (χ1n) is 13.2. The van der Waals surface area contributed by atoms with Crippen LogP contribution in [0.1, 0.15) is 37.5 Å². The van der Waals surface area contributed by atoms with Crippen molar-refractivity contribution in [1.29, 1.82) is 0 Å². The molecule has 1 aromatic heterocycles. The summed E-state index contributed by atoms with van der Waals surface area (Å²) in [6, 6.07) is 14.6. The number of carbonyl (C=O) groups is 2. The maximum Gasteiger partial charge on any atom is 0.410 e. The molecule has 1 aliphatic rings. The third kappa shape index (κ3) is 8.62. The fourth-order valence-electron chi connectivity index (χ4n) is 4.09. The summed E-state index contributed by atoms with van der Waals surface area (Å²) >= 11 is 12.7. The summed E-state index contributed by atoms with van der Waals surface area (Å²) in [4.78, 5) is 32.7. The lowest BCUT2D eigenvalue weighted by atomic mass is 10.1. The van der Waals surface area contributed by atoms with Gasteiger partial charge in [0.25, 0.3) is 0 Å². The zero-order valence-electron chi connectivity index (χ0n) is 23.5. The molecule has 8 nitrogen and oxygen atoms in total. The van der Waals surface area contributed by atoms with Gasteiger partial charge < -0.3 is 24.0 Å². The molecular formula is C31H33Cl2N3O5. The molecule has 1 aliphatic heterocycles. The Balaban J connectivity index is 1.31. The van der Waals surface area contributed by atoms with Crippen molar-refractivity contribution in [2.45, 2.75) is 39.9 Å². The second-order valence-electron chi connectivity index (χ2n) is 10.6. The van der Waals surface area contributed by atoms with Crippen LogP contribution in [0.4, 0.5) is 4.79 Å². The van der Waals surface area contributed by atoms with E-state index in [4.69, 9.17) is 37.4 Å². The van der Waals surface area contributed by atoms with Gasteiger partial charge in [0.1, 0.15) is 18.0 Å². The van der Waals surface area contributed by atoms with Gasteiger partial charge in [-0.1, -0.05) is 41.4 Å². The van der Waals surface area contributed by atoms with E-state index < -0.39 is 5.60 Å². The largest absolute Gasteiger partial charge is 0.487 e. The van der Waals surface area contributed by atoms with Crippen molar-refractivity contribution in [2.24, 2.45) is 0 Å². The summed E-state index contributed by atoms with van der Waals surface area (Å²) in [5.74, 6) is 1.29. The normalized spacial score (nSPS) is 13.8. The van der Waals surface area contributed by atoms with E-state index >= 15 is 0 Å². The molecule has 0 unspecified atom stereocenters. The van der Waals surface area contributed by atoms with E-state index in [9.17, 15) is 9.59 Å². The van der Waals surface area contributed by atoms with E-state index in [0.717, 1.165) is 16.7 Å². The first kappa shape index (κ1) is 30.2. The van der Waals surface area contributed by atoms with Crippen molar-refractivity contribution >= 4 is 41.3 Å². The second kappa shape index (κ2) is 13.3. The SMILES string of the molecule is Cc1cc(/C=C/C(=O)N2CCN(C(=O)OC(C)(C)C)CC2)cc(Cl)c1Oc1ccc(OCc2ccccc2Cl)cn1. The fourth-order valence-corrected chi connectivity index (χ4v) is 4.59. The molecule has 216 valence electrons. The Morgan fingerprint density at radius 2 is 1.68 bits per heavy atom. The third-order valence-electron chi connectivity index (χ3n) is 6.18. The zero-order chi connectivity index (χ0) is 29.6. The van der Waals surface area contributed by atoms with Gasteiger partial charge in [-0.2, -0.15) is 0 Å². The number of halogens is 2. The molecule has 2 heterocycles. The summed E-state index contributed by atoms with van der Waals surface area (Å²) in [6.07, 6.45) is 4.44. The molecular weight excluding hydrogens is 565 g/mol. The van der Waals surface area contributed by atoms with Crippen molar-refractivity contribution in [1.82, 2.24) is 14.8 Å².